The molecular formula is C29H38N6. The van der Waals surface area contributed by atoms with Crippen molar-refractivity contribution in [3.05, 3.63) is 78.0 Å². The van der Waals surface area contributed by atoms with Gasteiger partial charge in [0.1, 0.15) is 11.6 Å². The minimum absolute atomic E-state index is 0.694. The van der Waals surface area contributed by atoms with Crippen molar-refractivity contribution in [2.45, 2.75) is 46.6 Å². The number of nitrogens with one attached hydrogen (secondary N) is 3. The lowest BCUT2D eigenvalue weighted by Crippen LogP contribution is -2.31. The molecule has 0 saturated carbocycles. The molecule has 2 aromatic heterocycles. The molecule has 0 radical (unpaired) electrons. The van der Waals surface area contributed by atoms with Crippen LogP contribution in [0.15, 0.2) is 66.9 Å². The molecule has 35 heavy (non-hydrogen) atoms. The number of piperidine rings is 1. The summed E-state index contributed by atoms with van der Waals surface area (Å²) in [5.74, 6) is 2.57. The number of hydrogen-bond donors (Lipinski definition) is 3. The maximum atomic E-state index is 4.88. The Labute approximate surface area is 209 Å². The smallest absolute Gasteiger partial charge is 0.162 e. The summed E-state index contributed by atoms with van der Waals surface area (Å²) in [7, 11) is 0. The van der Waals surface area contributed by atoms with E-state index < -0.39 is 0 Å². The number of aromatic nitrogens is 3. The first-order valence-corrected chi connectivity index (χ1v) is 13.0. The summed E-state index contributed by atoms with van der Waals surface area (Å²) in [6, 6.07) is 21.3. The molecule has 4 aromatic rings. The molecule has 2 aromatic carbocycles. The van der Waals surface area contributed by atoms with Gasteiger partial charge in [-0.3, -0.25) is 0 Å². The number of aryl methyl sites for hydroxylation is 1. The molecular weight excluding hydrogens is 432 g/mol. The van der Waals surface area contributed by atoms with E-state index in [4.69, 9.17) is 4.98 Å². The van der Waals surface area contributed by atoms with Gasteiger partial charge in [-0.2, -0.15) is 9.61 Å². The van der Waals surface area contributed by atoms with Crippen molar-refractivity contribution in [1.82, 2.24) is 19.9 Å². The summed E-state index contributed by atoms with van der Waals surface area (Å²) in [5, 5.41) is 15.2. The zero-order valence-electron chi connectivity index (χ0n) is 21.2. The largest absolute Gasteiger partial charge is 0.370 e. The lowest BCUT2D eigenvalue weighted by Gasteiger charge is -2.23. The first-order valence-electron chi connectivity index (χ1n) is 13.0. The van der Waals surface area contributed by atoms with E-state index >= 15 is 0 Å². The van der Waals surface area contributed by atoms with Gasteiger partial charge in [-0.25, -0.2) is 4.98 Å². The molecule has 1 saturated heterocycles. The average molecular weight is 471 g/mol. The molecule has 6 nitrogen and oxygen atoms in total. The van der Waals surface area contributed by atoms with Crippen LogP contribution in [-0.2, 0) is 13.0 Å². The van der Waals surface area contributed by atoms with Crippen LogP contribution in [0.25, 0.3) is 16.8 Å². The predicted octanol–water partition coefficient (Wildman–Crippen LogP) is 6.01. The van der Waals surface area contributed by atoms with Crippen LogP contribution in [0.4, 0.5) is 11.6 Å². The molecule has 0 amide bonds. The summed E-state index contributed by atoms with van der Waals surface area (Å²) >= 11 is 0. The number of anilines is 2. The Morgan fingerprint density at radius 1 is 0.943 bits per heavy atom. The van der Waals surface area contributed by atoms with Crippen molar-refractivity contribution in [2.24, 2.45) is 5.92 Å². The highest BCUT2D eigenvalue weighted by Gasteiger charge is 2.15. The highest BCUT2D eigenvalue weighted by atomic mass is 15.3. The molecule has 1 aliphatic rings. The summed E-state index contributed by atoms with van der Waals surface area (Å²) < 4.78 is 1.92. The quantitative estimate of drug-likeness (QED) is 0.294. The summed E-state index contributed by atoms with van der Waals surface area (Å²) in [5.41, 5.74) is 5.79. The van der Waals surface area contributed by atoms with Crippen LogP contribution < -0.4 is 16.0 Å². The van der Waals surface area contributed by atoms with E-state index in [1.807, 2.05) is 30.6 Å². The van der Waals surface area contributed by atoms with E-state index in [9.17, 15) is 0 Å². The Morgan fingerprint density at radius 3 is 2.37 bits per heavy atom. The third kappa shape index (κ3) is 6.20. The molecule has 6 heteroatoms. The highest BCUT2D eigenvalue weighted by molar-refractivity contribution is 5.64. The Hall–Kier alpha value is -3.38. The van der Waals surface area contributed by atoms with E-state index in [0.29, 0.717) is 5.92 Å². The van der Waals surface area contributed by atoms with Gasteiger partial charge in [-0.05, 0) is 55.0 Å². The van der Waals surface area contributed by atoms with E-state index in [2.05, 4.69) is 82.6 Å². The monoisotopic (exact) mass is 470 g/mol. The topological polar surface area (TPSA) is 66.3 Å². The normalized spacial score (nSPS) is 13.8. The summed E-state index contributed by atoms with van der Waals surface area (Å²) in [6.45, 7) is 10.0. The molecule has 0 unspecified atom stereocenters. The molecule has 184 valence electrons. The first kappa shape index (κ1) is 24.7. The van der Waals surface area contributed by atoms with Gasteiger partial charge in [-0.1, -0.05) is 75.4 Å². The molecule has 0 aliphatic carbocycles. The van der Waals surface area contributed by atoms with Crippen LogP contribution in [0, 0.1) is 5.92 Å². The Bertz CT molecular complexity index is 1180. The molecule has 1 fully saturated rings. The summed E-state index contributed by atoms with van der Waals surface area (Å²) in [4.78, 5) is 4.88. The van der Waals surface area contributed by atoms with E-state index in [0.717, 1.165) is 55.4 Å². The molecule has 5 rings (SSSR count). The van der Waals surface area contributed by atoms with E-state index in [-0.39, 0.29) is 0 Å². The van der Waals surface area contributed by atoms with Crippen LogP contribution in [0.1, 0.15) is 44.7 Å². The number of hydrogen-bond acceptors (Lipinski definition) is 5. The van der Waals surface area contributed by atoms with Gasteiger partial charge >= 0.3 is 0 Å². The number of rotatable bonds is 8. The van der Waals surface area contributed by atoms with Crippen LogP contribution in [0.3, 0.4) is 0 Å². The number of fused-ring (bicyclic) bond motifs is 1. The Morgan fingerprint density at radius 2 is 1.66 bits per heavy atom. The predicted molar refractivity (Wildman–Crippen MR) is 147 cm³/mol. The van der Waals surface area contributed by atoms with Gasteiger partial charge in [0.2, 0.25) is 0 Å². The van der Waals surface area contributed by atoms with Gasteiger partial charge in [0, 0.05) is 24.7 Å². The molecule has 3 heterocycles. The van der Waals surface area contributed by atoms with Gasteiger partial charge in [0.05, 0.1) is 6.20 Å². The highest BCUT2D eigenvalue weighted by Crippen LogP contribution is 2.23. The zero-order valence-corrected chi connectivity index (χ0v) is 21.2. The standard InChI is InChI=1S/C27H32N6.C2H6/c1-2-22-19-31-33-26(16-25(32-27(22)33)29-17-21-12-14-28-15-13-21)30-18-20-8-10-24(11-9-20)23-6-4-3-5-7-23;1-2/h3-11,16,19,21,28,30H,2,12-15,17-18H2,1H3,(H,29,32);1-2H3. The Kier molecular flexibility index (Phi) is 8.74. The fourth-order valence-electron chi connectivity index (χ4n) is 4.45. The van der Waals surface area contributed by atoms with Crippen molar-refractivity contribution >= 4 is 17.3 Å². The lowest BCUT2D eigenvalue weighted by molar-refractivity contribution is 0.389. The second-order valence-corrected chi connectivity index (χ2v) is 8.78. The van der Waals surface area contributed by atoms with Crippen LogP contribution in [-0.4, -0.2) is 34.2 Å². The minimum Gasteiger partial charge on any atom is -0.370 e. The van der Waals surface area contributed by atoms with Gasteiger partial charge in [0.15, 0.2) is 5.65 Å². The van der Waals surface area contributed by atoms with Crippen molar-refractivity contribution in [1.29, 1.82) is 0 Å². The molecule has 1 aliphatic heterocycles. The second-order valence-electron chi connectivity index (χ2n) is 8.78. The summed E-state index contributed by atoms with van der Waals surface area (Å²) in [6.07, 6.45) is 5.27. The van der Waals surface area contributed by atoms with Crippen LogP contribution >= 0.6 is 0 Å². The molecule has 0 atom stereocenters. The number of nitrogens with zero attached hydrogens (tertiary/aromatic N) is 3. The maximum absolute atomic E-state index is 4.88. The van der Waals surface area contributed by atoms with E-state index in [1.54, 1.807) is 0 Å². The van der Waals surface area contributed by atoms with Crippen molar-refractivity contribution in [2.75, 3.05) is 30.3 Å². The van der Waals surface area contributed by atoms with Gasteiger partial charge in [-0.15, -0.1) is 0 Å². The average Bonchev–Trinajstić information content (AvgIpc) is 3.36. The molecule has 0 spiro atoms. The SMILES string of the molecule is CC.CCc1cnn2c(NCc3ccc(-c4ccccc4)cc3)cc(NCC3CCNCC3)nc12. The van der Waals surface area contributed by atoms with Crippen molar-refractivity contribution < 1.29 is 0 Å². The fourth-order valence-corrected chi connectivity index (χ4v) is 4.45. The van der Waals surface area contributed by atoms with Crippen LogP contribution in [0.5, 0.6) is 0 Å². The number of benzene rings is 2. The second kappa shape index (κ2) is 12.4. The van der Waals surface area contributed by atoms with Crippen molar-refractivity contribution in [3.8, 4) is 11.1 Å². The third-order valence-corrected chi connectivity index (χ3v) is 6.49. The van der Waals surface area contributed by atoms with Gasteiger partial charge in [0.25, 0.3) is 0 Å². The third-order valence-electron chi connectivity index (χ3n) is 6.49. The zero-order chi connectivity index (χ0) is 24.5. The van der Waals surface area contributed by atoms with Gasteiger partial charge < -0.3 is 16.0 Å². The lowest BCUT2D eigenvalue weighted by atomic mass is 9.98. The molecule has 0 bridgehead atoms. The van der Waals surface area contributed by atoms with Crippen molar-refractivity contribution in [3.63, 3.8) is 0 Å². The molecule has 3 N–H and O–H groups in total. The maximum Gasteiger partial charge on any atom is 0.162 e. The van der Waals surface area contributed by atoms with Crippen LogP contribution in [0.2, 0.25) is 0 Å². The Balaban J connectivity index is 0.00000141. The van der Waals surface area contributed by atoms with E-state index in [1.165, 1.54) is 29.5 Å². The minimum atomic E-state index is 0.694. The fraction of sp³-hybridized carbons (Fsp3) is 0.379. The first-order chi connectivity index (χ1) is 17.3.